The Morgan fingerprint density at radius 3 is 2.16 bits per heavy atom. The predicted octanol–water partition coefficient (Wildman–Crippen LogP) is 3.47. The molecule has 1 aliphatic heterocycles. The quantitative estimate of drug-likeness (QED) is 0.386. The first-order valence-electron chi connectivity index (χ1n) is 10.6. The molecule has 1 fully saturated rings. The average Bonchev–Trinajstić information content (AvgIpc) is 3.02. The summed E-state index contributed by atoms with van der Waals surface area (Å²) in [6.45, 7) is 4.82. The third-order valence-electron chi connectivity index (χ3n) is 5.26. The van der Waals surface area contributed by atoms with Crippen molar-refractivity contribution in [3.8, 4) is 11.5 Å². The van der Waals surface area contributed by atoms with E-state index in [1.165, 1.54) is 4.90 Å². The molecular formula is C25H30N2O5. The number of hydrogen-bond donors (Lipinski definition) is 1. The highest BCUT2D eigenvalue weighted by atomic mass is 16.5. The number of carbonyl (C=O) groups is 2. The fourth-order valence-corrected chi connectivity index (χ4v) is 3.67. The number of rotatable bonds is 8. The Kier molecular flexibility index (Phi) is 7.20. The smallest absolute Gasteiger partial charge is 0.295 e. The third kappa shape index (κ3) is 4.94. The van der Waals surface area contributed by atoms with Crippen molar-refractivity contribution in [2.24, 2.45) is 0 Å². The van der Waals surface area contributed by atoms with Crippen molar-refractivity contribution in [1.29, 1.82) is 0 Å². The van der Waals surface area contributed by atoms with Crippen molar-refractivity contribution >= 4 is 17.4 Å². The van der Waals surface area contributed by atoms with Gasteiger partial charge in [-0.2, -0.15) is 0 Å². The summed E-state index contributed by atoms with van der Waals surface area (Å²) in [4.78, 5) is 29.4. The number of carbonyl (C=O) groups excluding carboxylic acids is 2. The van der Waals surface area contributed by atoms with E-state index in [0.29, 0.717) is 30.2 Å². The summed E-state index contributed by atoms with van der Waals surface area (Å²) >= 11 is 0. The van der Waals surface area contributed by atoms with Crippen LogP contribution in [-0.4, -0.2) is 67.0 Å². The maximum absolute atomic E-state index is 13.0. The summed E-state index contributed by atoms with van der Waals surface area (Å²) < 4.78 is 10.9. The maximum atomic E-state index is 13.0. The Bertz CT molecular complexity index is 994. The molecule has 0 aliphatic carbocycles. The van der Waals surface area contributed by atoms with Crippen molar-refractivity contribution in [1.82, 2.24) is 9.80 Å². The van der Waals surface area contributed by atoms with Crippen LogP contribution < -0.4 is 9.47 Å². The second-order valence-corrected chi connectivity index (χ2v) is 8.26. The normalized spacial score (nSPS) is 18.0. The summed E-state index contributed by atoms with van der Waals surface area (Å²) in [5.41, 5.74) is 1.26. The number of amides is 1. The largest absolute Gasteiger partial charge is 0.507 e. The molecule has 2 aromatic rings. The second kappa shape index (κ2) is 9.87. The Morgan fingerprint density at radius 2 is 1.62 bits per heavy atom. The molecule has 1 N–H and O–H groups in total. The number of likely N-dealkylation sites (N-methyl/N-ethyl adjacent to an activating group) is 1. The van der Waals surface area contributed by atoms with Gasteiger partial charge >= 0.3 is 0 Å². The van der Waals surface area contributed by atoms with E-state index in [4.69, 9.17) is 9.47 Å². The number of ether oxygens (including phenoxy) is 2. The van der Waals surface area contributed by atoms with Gasteiger partial charge in [-0.25, -0.2) is 0 Å². The van der Waals surface area contributed by atoms with Gasteiger partial charge in [-0.05, 0) is 69.9 Å². The molecule has 2 aromatic carbocycles. The first-order valence-corrected chi connectivity index (χ1v) is 10.6. The molecule has 1 heterocycles. The van der Waals surface area contributed by atoms with Crippen LogP contribution in [-0.2, 0) is 9.59 Å². The average molecular weight is 439 g/mol. The van der Waals surface area contributed by atoms with Crippen molar-refractivity contribution < 1.29 is 24.2 Å². The molecule has 1 unspecified atom stereocenters. The fraction of sp³-hybridized carbons (Fsp3) is 0.360. The maximum Gasteiger partial charge on any atom is 0.295 e. The highest BCUT2D eigenvalue weighted by molar-refractivity contribution is 6.46. The molecule has 0 radical (unpaired) electrons. The van der Waals surface area contributed by atoms with Crippen molar-refractivity contribution in [2.75, 3.05) is 34.3 Å². The van der Waals surface area contributed by atoms with Gasteiger partial charge in [-0.3, -0.25) is 9.59 Å². The van der Waals surface area contributed by atoms with Gasteiger partial charge in [0.25, 0.3) is 11.7 Å². The van der Waals surface area contributed by atoms with Crippen LogP contribution in [0.1, 0.15) is 31.0 Å². The van der Waals surface area contributed by atoms with Crippen LogP contribution in [0, 0.1) is 0 Å². The molecule has 3 rings (SSSR count). The molecule has 1 aliphatic rings. The molecule has 0 bridgehead atoms. The minimum Gasteiger partial charge on any atom is -0.507 e. The zero-order valence-corrected chi connectivity index (χ0v) is 19.2. The standard InChI is InChI=1S/C25H30N2O5/c1-16(2)32-20-12-6-17(7-13-20)22-21(23(28)18-8-10-19(31-5)11-9-18)24(29)25(30)27(22)15-14-26(3)4/h6-13,16,22,28H,14-15H2,1-5H3/b23-21-. The third-order valence-corrected chi connectivity index (χ3v) is 5.26. The summed E-state index contributed by atoms with van der Waals surface area (Å²) in [5.74, 6) is -0.181. The van der Waals surface area contributed by atoms with Gasteiger partial charge in [0, 0.05) is 18.7 Å². The molecule has 0 saturated carbocycles. The lowest BCUT2D eigenvalue weighted by Crippen LogP contribution is -2.35. The van der Waals surface area contributed by atoms with Gasteiger partial charge in [-0.15, -0.1) is 0 Å². The summed E-state index contributed by atoms with van der Waals surface area (Å²) in [6, 6.07) is 13.3. The zero-order valence-electron chi connectivity index (χ0n) is 19.2. The monoisotopic (exact) mass is 438 g/mol. The molecule has 7 nitrogen and oxygen atoms in total. The highest BCUT2D eigenvalue weighted by Gasteiger charge is 2.45. The van der Waals surface area contributed by atoms with Crippen LogP contribution in [0.5, 0.6) is 11.5 Å². The van der Waals surface area contributed by atoms with Gasteiger partial charge in [0.05, 0.1) is 24.8 Å². The lowest BCUT2D eigenvalue weighted by atomic mass is 9.95. The van der Waals surface area contributed by atoms with Crippen molar-refractivity contribution in [2.45, 2.75) is 26.0 Å². The van der Waals surface area contributed by atoms with Crippen LogP contribution in [0.4, 0.5) is 0 Å². The van der Waals surface area contributed by atoms with Crippen molar-refractivity contribution in [3.63, 3.8) is 0 Å². The molecule has 0 aromatic heterocycles. The van der Waals surface area contributed by atoms with E-state index in [9.17, 15) is 14.7 Å². The molecule has 32 heavy (non-hydrogen) atoms. The second-order valence-electron chi connectivity index (χ2n) is 8.26. The lowest BCUT2D eigenvalue weighted by molar-refractivity contribution is -0.140. The molecule has 7 heteroatoms. The first kappa shape index (κ1) is 23.3. The number of Topliss-reactive ketones (excluding diaryl/α,β-unsaturated/α-hetero) is 1. The lowest BCUT2D eigenvalue weighted by Gasteiger charge is -2.26. The van der Waals surface area contributed by atoms with Gasteiger partial charge in [0.15, 0.2) is 0 Å². The molecule has 0 spiro atoms. The summed E-state index contributed by atoms with van der Waals surface area (Å²) in [7, 11) is 5.36. The number of likely N-dealkylation sites (tertiary alicyclic amines) is 1. The van der Waals surface area contributed by atoms with Crippen LogP contribution in [0.3, 0.4) is 0 Å². The Labute approximate surface area is 188 Å². The Morgan fingerprint density at radius 1 is 1.03 bits per heavy atom. The molecule has 1 amide bonds. The van der Waals surface area contributed by atoms with E-state index in [2.05, 4.69) is 0 Å². The van der Waals surface area contributed by atoms with E-state index in [-0.39, 0.29) is 17.4 Å². The molecular weight excluding hydrogens is 408 g/mol. The number of ketones is 1. The van der Waals surface area contributed by atoms with E-state index >= 15 is 0 Å². The summed E-state index contributed by atoms with van der Waals surface area (Å²) in [5, 5.41) is 11.1. The van der Waals surface area contributed by atoms with Crippen LogP contribution >= 0.6 is 0 Å². The predicted molar refractivity (Wildman–Crippen MR) is 123 cm³/mol. The highest BCUT2D eigenvalue weighted by Crippen LogP contribution is 2.39. The number of hydrogen-bond acceptors (Lipinski definition) is 6. The number of benzene rings is 2. The fourth-order valence-electron chi connectivity index (χ4n) is 3.67. The topological polar surface area (TPSA) is 79.3 Å². The molecule has 170 valence electrons. The van der Waals surface area contributed by atoms with E-state index in [0.717, 1.165) is 5.56 Å². The van der Waals surface area contributed by atoms with Crippen molar-refractivity contribution in [3.05, 3.63) is 65.2 Å². The van der Waals surface area contributed by atoms with Gasteiger partial charge < -0.3 is 24.4 Å². The minimum absolute atomic E-state index is 0.0293. The SMILES string of the molecule is COc1ccc(/C(O)=C2/C(=O)C(=O)N(CCN(C)C)C2c2ccc(OC(C)C)cc2)cc1. The Balaban J connectivity index is 2.07. The van der Waals surface area contributed by atoms with Gasteiger partial charge in [0.1, 0.15) is 17.3 Å². The first-order chi connectivity index (χ1) is 15.2. The van der Waals surface area contributed by atoms with E-state index < -0.39 is 17.7 Å². The number of nitrogens with zero attached hydrogens (tertiary/aromatic N) is 2. The number of methoxy groups -OCH3 is 1. The van der Waals surface area contributed by atoms with Crippen LogP contribution in [0.15, 0.2) is 54.1 Å². The zero-order chi connectivity index (χ0) is 23.4. The molecule has 1 saturated heterocycles. The van der Waals surface area contributed by atoms with Gasteiger partial charge in [0.2, 0.25) is 0 Å². The minimum atomic E-state index is -0.690. The van der Waals surface area contributed by atoms with Gasteiger partial charge in [-0.1, -0.05) is 12.1 Å². The van der Waals surface area contributed by atoms with E-state index in [1.54, 1.807) is 31.4 Å². The molecule has 1 atom stereocenters. The van der Waals surface area contributed by atoms with E-state index in [1.807, 2.05) is 57.1 Å². The van der Waals surface area contributed by atoms with Crippen LogP contribution in [0.25, 0.3) is 5.76 Å². The Hall–Kier alpha value is -3.32. The van der Waals surface area contributed by atoms with Crippen LogP contribution in [0.2, 0.25) is 0 Å². The number of aliphatic hydroxyl groups is 1. The summed E-state index contributed by atoms with van der Waals surface area (Å²) in [6.07, 6.45) is 0.0293. The number of aliphatic hydroxyl groups excluding tert-OH is 1.